The zero-order valence-electron chi connectivity index (χ0n) is 12.4. The summed E-state index contributed by atoms with van der Waals surface area (Å²) < 4.78 is 1.78. The van der Waals surface area contributed by atoms with Crippen LogP contribution in [0.1, 0.15) is 22.3 Å². The lowest BCUT2D eigenvalue weighted by molar-refractivity contribution is 0.0941. The molecule has 22 heavy (non-hydrogen) atoms. The third kappa shape index (κ3) is 3.09. The first-order chi connectivity index (χ1) is 10.7. The SMILES string of the molecule is Cc1cnn(-c2ccc(C(=O)N[C@@H]3C=C[C@H](CO)C3)cc2)c1. The lowest BCUT2D eigenvalue weighted by Crippen LogP contribution is -2.32. The molecule has 0 saturated carbocycles. The quantitative estimate of drug-likeness (QED) is 0.846. The van der Waals surface area contributed by atoms with Gasteiger partial charge in [-0.25, -0.2) is 4.68 Å². The molecule has 1 heterocycles. The summed E-state index contributed by atoms with van der Waals surface area (Å²) in [5.41, 5.74) is 2.63. The number of amides is 1. The average Bonchev–Trinajstić information content (AvgIpc) is 3.16. The van der Waals surface area contributed by atoms with Crippen molar-refractivity contribution in [3.8, 4) is 5.69 Å². The number of aromatic nitrogens is 2. The second kappa shape index (κ2) is 6.15. The average molecular weight is 297 g/mol. The first-order valence-electron chi connectivity index (χ1n) is 7.37. The van der Waals surface area contributed by atoms with Crippen molar-refractivity contribution in [2.45, 2.75) is 19.4 Å². The molecule has 0 spiro atoms. The van der Waals surface area contributed by atoms with Gasteiger partial charge in [0.25, 0.3) is 5.91 Å². The van der Waals surface area contributed by atoms with E-state index in [-0.39, 0.29) is 24.5 Å². The maximum absolute atomic E-state index is 12.2. The number of nitrogens with zero attached hydrogens (tertiary/aromatic N) is 2. The van der Waals surface area contributed by atoms with Crippen LogP contribution in [0.5, 0.6) is 0 Å². The van der Waals surface area contributed by atoms with Crippen molar-refractivity contribution >= 4 is 5.91 Å². The van der Waals surface area contributed by atoms with Gasteiger partial charge in [-0.05, 0) is 43.2 Å². The van der Waals surface area contributed by atoms with Crippen LogP contribution in [0.25, 0.3) is 5.69 Å². The third-order valence-electron chi connectivity index (χ3n) is 3.83. The van der Waals surface area contributed by atoms with E-state index in [2.05, 4.69) is 10.4 Å². The fourth-order valence-electron chi connectivity index (χ4n) is 2.59. The molecule has 1 amide bonds. The van der Waals surface area contributed by atoms with Gasteiger partial charge in [0, 0.05) is 30.3 Å². The van der Waals surface area contributed by atoms with Crippen LogP contribution in [0.3, 0.4) is 0 Å². The Hall–Kier alpha value is -2.40. The number of hydrogen-bond acceptors (Lipinski definition) is 3. The van der Waals surface area contributed by atoms with Crippen LogP contribution in [-0.4, -0.2) is 33.4 Å². The first kappa shape index (κ1) is 14.5. The van der Waals surface area contributed by atoms with Gasteiger partial charge in [-0.3, -0.25) is 4.79 Å². The molecule has 1 aliphatic carbocycles. The van der Waals surface area contributed by atoms with Crippen LogP contribution in [0, 0.1) is 12.8 Å². The van der Waals surface area contributed by atoms with E-state index in [0.29, 0.717) is 5.56 Å². The summed E-state index contributed by atoms with van der Waals surface area (Å²) >= 11 is 0. The van der Waals surface area contributed by atoms with Crippen LogP contribution < -0.4 is 5.32 Å². The van der Waals surface area contributed by atoms with E-state index < -0.39 is 0 Å². The topological polar surface area (TPSA) is 67.2 Å². The highest BCUT2D eigenvalue weighted by Crippen LogP contribution is 2.17. The Morgan fingerprint density at radius 1 is 1.36 bits per heavy atom. The fourth-order valence-corrected chi connectivity index (χ4v) is 2.59. The lowest BCUT2D eigenvalue weighted by Gasteiger charge is -2.13. The van der Waals surface area contributed by atoms with Gasteiger partial charge < -0.3 is 10.4 Å². The molecule has 5 nitrogen and oxygen atoms in total. The predicted molar refractivity (Wildman–Crippen MR) is 83.9 cm³/mol. The number of carbonyl (C=O) groups is 1. The van der Waals surface area contributed by atoms with Gasteiger partial charge in [-0.1, -0.05) is 12.2 Å². The number of aliphatic hydroxyl groups is 1. The molecule has 5 heteroatoms. The Morgan fingerprint density at radius 2 is 2.14 bits per heavy atom. The normalized spacial score (nSPS) is 20.3. The Morgan fingerprint density at radius 3 is 2.73 bits per heavy atom. The second-order valence-electron chi connectivity index (χ2n) is 5.65. The molecule has 0 bridgehead atoms. The molecule has 0 radical (unpaired) electrons. The van der Waals surface area contributed by atoms with E-state index >= 15 is 0 Å². The molecule has 114 valence electrons. The summed E-state index contributed by atoms with van der Waals surface area (Å²) in [6, 6.07) is 7.34. The molecule has 2 aromatic rings. The van der Waals surface area contributed by atoms with E-state index in [1.165, 1.54) is 0 Å². The third-order valence-corrected chi connectivity index (χ3v) is 3.83. The Kier molecular flexibility index (Phi) is 4.06. The highest BCUT2D eigenvalue weighted by molar-refractivity contribution is 5.94. The monoisotopic (exact) mass is 297 g/mol. The van der Waals surface area contributed by atoms with E-state index in [4.69, 9.17) is 5.11 Å². The molecule has 2 atom stereocenters. The number of aryl methyl sites for hydroxylation is 1. The number of hydrogen-bond donors (Lipinski definition) is 2. The van der Waals surface area contributed by atoms with Crippen LogP contribution >= 0.6 is 0 Å². The smallest absolute Gasteiger partial charge is 0.251 e. The minimum atomic E-state index is -0.101. The summed E-state index contributed by atoms with van der Waals surface area (Å²) in [4.78, 5) is 12.2. The van der Waals surface area contributed by atoms with Crippen molar-refractivity contribution in [3.63, 3.8) is 0 Å². The summed E-state index contributed by atoms with van der Waals surface area (Å²) in [6.07, 6.45) is 8.39. The summed E-state index contributed by atoms with van der Waals surface area (Å²) in [7, 11) is 0. The maximum Gasteiger partial charge on any atom is 0.251 e. The van der Waals surface area contributed by atoms with Gasteiger partial charge in [0.05, 0.1) is 11.9 Å². The number of nitrogens with one attached hydrogen (secondary N) is 1. The maximum atomic E-state index is 12.2. The zero-order chi connectivity index (χ0) is 15.5. The molecule has 0 fully saturated rings. The van der Waals surface area contributed by atoms with Gasteiger partial charge in [-0.15, -0.1) is 0 Å². The molecule has 0 aliphatic heterocycles. The minimum absolute atomic E-state index is 0.00177. The van der Waals surface area contributed by atoms with Gasteiger partial charge in [-0.2, -0.15) is 5.10 Å². The fraction of sp³-hybridized carbons (Fsp3) is 0.294. The van der Waals surface area contributed by atoms with Gasteiger partial charge in [0.1, 0.15) is 0 Å². The van der Waals surface area contributed by atoms with Crippen molar-refractivity contribution in [3.05, 3.63) is 59.9 Å². The van der Waals surface area contributed by atoms with Crippen molar-refractivity contribution in [2.75, 3.05) is 6.61 Å². The first-order valence-corrected chi connectivity index (χ1v) is 7.37. The molecule has 2 N–H and O–H groups in total. The van der Waals surface area contributed by atoms with E-state index in [0.717, 1.165) is 17.7 Å². The Bertz CT molecular complexity index is 688. The highest BCUT2D eigenvalue weighted by Gasteiger charge is 2.20. The van der Waals surface area contributed by atoms with Crippen molar-refractivity contribution in [2.24, 2.45) is 5.92 Å². The largest absolute Gasteiger partial charge is 0.396 e. The summed E-state index contributed by atoms with van der Waals surface area (Å²) in [5.74, 6) is 0.0483. The number of benzene rings is 1. The Labute approximate surface area is 129 Å². The standard InChI is InChI=1S/C17H19N3O2/c1-12-9-18-20(10-12)16-6-3-14(4-7-16)17(22)19-15-5-2-13(8-15)11-21/h2-7,9-10,13,15,21H,8,11H2,1H3,(H,19,22)/t13-,15+/m0/s1. The number of carbonyl (C=O) groups excluding carboxylic acids is 1. The van der Waals surface area contributed by atoms with Crippen molar-refractivity contribution in [1.82, 2.24) is 15.1 Å². The Balaban J connectivity index is 1.65. The van der Waals surface area contributed by atoms with Gasteiger partial charge >= 0.3 is 0 Å². The van der Waals surface area contributed by atoms with E-state index in [1.807, 2.05) is 37.4 Å². The molecular weight excluding hydrogens is 278 g/mol. The summed E-state index contributed by atoms with van der Waals surface area (Å²) in [6.45, 7) is 2.11. The molecule has 3 rings (SSSR count). The van der Waals surface area contributed by atoms with Gasteiger partial charge in [0.15, 0.2) is 0 Å². The van der Waals surface area contributed by atoms with Crippen molar-refractivity contribution in [1.29, 1.82) is 0 Å². The van der Waals surface area contributed by atoms with Gasteiger partial charge in [0.2, 0.25) is 0 Å². The van der Waals surface area contributed by atoms with Crippen molar-refractivity contribution < 1.29 is 9.90 Å². The van der Waals surface area contributed by atoms with E-state index in [1.54, 1.807) is 23.0 Å². The number of aliphatic hydroxyl groups excluding tert-OH is 1. The van der Waals surface area contributed by atoms with Crippen LogP contribution in [0.2, 0.25) is 0 Å². The van der Waals surface area contributed by atoms with Crippen LogP contribution in [-0.2, 0) is 0 Å². The summed E-state index contributed by atoms with van der Waals surface area (Å²) in [5, 5.41) is 16.3. The molecule has 0 saturated heterocycles. The highest BCUT2D eigenvalue weighted by atomic mass is 16.3. The molecule has 1 aromatic carbocycles. The van der Waals surface area contributed by atoms with E-state index in [9.17, 15) is 4.79 Å². The van der Waals surface area contributed by atoms with Crippen LogP contribution in [0.4, 0.5) is 0 Å². The zero-order valence-corrected chi connectivity index (χ0v) is 12.4. The molecule has 1 aliphatic rings. The molecule has 0 unspecified atom stereocenters. The number of rotatable bonds is 4. The molecular formula is C17H19N3O2. The minimum Gasteiger partial charge on any atom is -0.396 e. The predicted octanol–water partition coefficient (Wildman–Crippen LogP) is 1.85. The second-order valence-corrected chi connectivity index (χ2v) is 5.65. The molecule has 1 aromatic heterocycles. The van der Waals surface area contributed by atoms with Crippen LogP contribution in [0.15, 0.2) is 48.8 Å². The lowest BCUT2D eigenvalue weighted by atomic mass is 10.1.